The number of aliphatic carboxylic acids is 1. The molecule has 1 atom stereocenters. The number of ether oxygens (including phenoxy) is 1. The predicted octanol–water partition coefficient (Wildman–Crippen LogP) is 3.76. The number of aromatic nitrogens is 1. The number of nitrogens with zero attached hydrogens (tertiary/aromatic N) is 2. The van der Waals surface area contributed by atoms with E-state index in [9.17, 15) is 9.59 Å². The number of amides is 1. The van der Waals surface area contributed by atoms with Crippen LogP contribution in [0.4, 0.5) is 0 Å². The van der Waals surface area contributed by atoms with Crippen molar-refractivity contribution in [3.63, 3.8) is 0 Å². The minimum Gasteiger partial charge on any atom is -0.481 e. The fourth-order valence-electron chi connectivity index (χ4n) is 4.28. The molecule has 6 heteroatoms. The number of methoxy groups -OCH3 is 1. The first-order valence-electron chi connectivity index (χ1n) is 10.0. The third-order valence-corrected chi connectivity index (χ3v) is 5.98. The number of likely N-dealkylation sites (tertiary alicyclic amines) is 1. The number of carboxylic acids is 1. The van der Waals surface area contributed by atoms with E-state index in [1.807, 2.05) is 23.1 Å². The summed E-state index contributed by atoms with van der Waals surface area (Å²) in [7, 11) is 1.70. The van der Waals surface area contributed by atoms with Crippen molar-refractivity contribution < 1.29 is 19.4 Å². The summed E-state index contributed by atoms with van der Waals surface area (Å²) in [5.74, 6) is -0.790. The highest BCUT2D eigenvalue weighted by atomic mass is 16.5. The average molecular weight is 386 g/mol. The molecule has 1 aromatic carbocycles. The number of aryl methyl sites for hydroxylation is 1. The lowest BCUT2D eigenvalue weighted by Gasteiger charge is -2.35. The second-order valence-corrected chi connectivity index (χ2v) is 7.67. The molecule has 1 fully saturated rings. The molecule has 3 rings (SSSR count). The van der Waals surface area contributed by atoms with Gasteiger partial charge in [0.05, 0.1) is 6.61 Å². The van der Waals surface area contributed by atoms with Crippen LogP contribution in [-0.2, 0) is 16.1 Å². The lowest BCUT2D eigenvalue weighted by molar-refractivity contribution is -0.137. The monoisotopic (exact) mass is 386 g/mol. The van der Waals surface area contributed by atoms with E-state index >= 15 is 0 Å². The fraction of sp³-hybridized carbons (Fsp3) is 0.545. The maximum Gasteiger partial charge on any atom is 0.303 e. The van der Waals surface area contributed by atoms with Gasteiger partial charge in [0.2, 0.25) is 0 Å². The van der Waals surface area contributed by atoms with Crippen LogP contribution < -0.4 is 0 Å². The summed E-state index contributed by atoms with van der Waals surface area (Å²) in [4.78, 5) is 26.1. The van der Waals surface area contributed by atoms with E-state index in [4.69, 9.17) is 9.84 Å². The first-order chi connectivity index (χ1) is 13.4. The highest BCUT2D eigenvalue weighted by Crippen LogP contribution is 2.28. The van der Waals surface area contributed by atoms with Gasteiger partial charge in [0.1, 0.15) is 0 Å². The lowest BCUT2D eigenvalue weighted by Crippen LogP contribution is -2.44. The Hall–Kier alpha value is -2.34. The van der Waals surface area contributed by atoms with Crippen molar-refractivity contribution in [2.75, 3.05) is 20.3 Å². The smallest absolute Gasteiger partial charge is 0.303 e. The van der Waals surface area contributed by atoms with Gasteiger partial charge in [-0.25, -0.2) is 0 Å². The summed E-state index contributed by atoms with van der Waals surface area (Å²) in [6.07, 6.45) is 3.53. The molecule has 1 aliphatic rings. The Morgan fingerprint density at radius 1 is 1.25 bits per heavy atom. The number of carbonyl (C=O) groups is 2. The van der Waals surface area contributed by atoms with Crippen LogP contribution in [0.2, 0.25) is 0 Å². The third kappa shape index (κ3) is 4.07. The van der Waals surface area contributed by atoms with Gasteiger partial charge in [-0.15, -0.1) is 0 Å². The van der Waals surface area contributed by atoms with Crippen LogP contribution >= 0.6 is 0 Å². The fourth-order valence-corrected chi connectivity index (χ4v) is 4.28. The van der Waals surface area contributed by atoms with Gasteiger partial charge in [-0.2, -0.15) is 0 Å². The second kappa shape index (κ2) is 8.78. The van der Waals surface area contributed by atoms with Crippen LogP contribution in [0, 0.1) is 13.8 Å². The molecule has 0 spiro atoms. The lowest BCUT2D eigenvalue weighted by atomic mass is 9.96. The molecule has 0 radical (unpaired) electrons. The topological polar surface area (TPSA) is 71.8 Å². The van der Waals surface area contributed by atoms with Gasteiger partial charge in [0.25, 0.3) is 5.91 Å². The zero-order valence-corrected chi connectivity index (χ0v) is 17.0. The van der Waals surface area contributed by atoms with Crippen molar-refractivity contribution >= 4 is 22.8 Å². The molecule has 1 aromatic heterocycles. The number of benzene rings is 1. The summed E-state index contributed by atoms with van der Waals surface area (Å²) in [6.45, 7) is 6.31. The molecule has 0 saturated carbocycles. The van der Waals surface area contributed by atoms with Crippen molar-refractivity contribution in [3.05, 3.63) is 35.0 Å². The minimum atomic E-state index is -0.803. The van der Waals surface area contributed by atoms with Gasteiger partial charge in [0.15, 0.2) is 0 Å². The molecule has 1 amide bonds. The van der Waals surface area contributed by atoms with E-state index < -0.39 is 5.97 Å². The molecule has 28 heavy (non-hydrogen) atoms. The average Bonchev–Trinajstić information content (AvgIpc) is 2.94. The predicted molar refractivity (Wildman–Crippen MR) is 109 cm³/mol. The van der Waals surface area contributed by atoms with Gasteiger partial charge < -0.3 is 19.3 Å². The molecule has 6 nitrogen and oxygen atoms in total. The van der Waals surface area contributed by atoms with Crippen molar-refractivity contribution in [1.29, 1.82) is 0 Å². The van der Waals surface area contributed by atoms with Gasteiger partial charge in [-0.3, -0.25) is 9.59 Å². The Morgan fingerprint density at radius 3 is 2.75 bits per heavy atom. The number of carboxylic acid groups (broad SMARTS) is 1. The van der Waals surface area contributed by atoms with E-state index in [2.05, 4.69) is 18.4 Å². The SMILES string of the molecule is COCCn1c(C)c(C)c2cc(C(=O)N3CCCCC3CCC(=O)O)ccc21. The molecule has 0 bridgehead atoms. The first kappa shape index (κ1) is 20.4. The Labute approximate surface area is 166 Å². The summed E-state index contributed by atoms with van der Waals surface area (Å²) >= 11 is 0. The van der Waals surface area contributed by atoms with Crippen LogP contribution in [0.5, 0.6) is 0 Å². The number of carbonyl (C=O) groups excluding carboxylic acids is 1. The van der Waals surface area contributed by atoms with E-state index in [1.165, 1.54) is 11.3 Å². The second-order valence-electron chi connectivity index (χ2n) is 7.67. The number of hydrogen-bond donors (Lipinski definition) is 1. The van der Waals surface area contributed by atoms with Gasteiger partial charge in [-0.1, -0.05) is 0 Å². The van der Waals surface area contributed by atoms with Crippen LogP contribution in [0.25, 0.3) is 10.9 Å². The summed E-state index contributed by atoms with van der Waals surface area (Å²) in [5, 5.41) is 10.1. The maximum atomic E-state index is 13.2. The molecule has 1 N–H and O–H groups in total. The molecular weight excluding hydrogens is 356 g/mol. The third-order valence-electron chi connectivity index (χ3n) is 5.98. The highest BCUT2D eigenvalue weighted by molar-refractivity contribution is 5.99. The van der Waals surface area contributed by atoms with Crippen molar-refractivity contribution in [3.8, 4) is 0 Å². The summed E-state index contributed by atoms with van der Waals surface area (Å²) in [6, 6.07) is 5.93. The molecular formula is C22H30N2O4. The van der Waals surface area contributed by atoms with E-state index in [0.717, 1.165) is 36.7 Å². The van der Waals surface area contributed by atoms with E-state index in [1.54, 1.807) is 7.11 Å². The Morgan fingerprint density at radius 2 is 2.04 bits per heavy atom. The molecule has 2 heterocycles. The molecule has 0 aliphatic carbocycles. The molecule has 1 saturated heterocycles. The highest BCUT2D eigenvalue weighted by Gasteiger charge is 2.28. The van der Waals surface area contributed by atoms with Crippen molar-refractivity contribution in [2.45, 2.75) is 58.5 Å². The van der Waals surface area contributed by atoms with Crippen molar-refractivity contribution in [2.24, 2.45) is 0 Å². The Balaban J connectivity index is 1.88. The first-order valence-corrected chi connectivity index (χ1v) is 10.0. The van der Waals surface area contributed by atoms with Gasteiger partial charge >= 0.3 is 5.97 Å². The van der Waals surface area contributed by atoms with Crippen LogP contribution in [0.3, 0.4) is 0 Å². The number of hydrogen-bond acceptors (Lipinski definition) is 3. The van der Waals surface area contributed by atoms with Crippen molar-refractivity contribution in [1.82, 2.24) is 9.47 Å². The van der Waals surface area contributed by atoms with E-state index in [-0.39, 0.29) is 18.4 Å². The molecule has 1 unspecified atom stereocenters. The summed E-state index contributed by atoms with van der Waals surface area (Å²) < 4.78 is 7.46. The number of fused-ring (bicyclic) bond motifs is 1. The number of piperidine rings is 1. The zero-order valence-electron chi connectivity index (χ0n) is 17.0. The molecule has 1 aliphatic heterocycles. The largest absolute Gasteiger partial charge is 0.481 e. The standard InChI is InChI=1S/C22H30N2O4/c1-15-16(2)23(12-13-28-3)20-9-7-17(14-19(15)20)22(27)24-11-5-4-6-18(24)8-10-21(25)26/h7,9,14,18H,4-6,8,10-13H2,1-3H3,(H,25,26). The molecule has 2 aromatic rings. The Bertz CT molecular complexity index is 871. The van der Waals surface area contributed by atoms with Crippen LogP contribution in [0.1, 0.15) is 53.7 Å². The maximum absolute atomic E-state index is 13.2. The van der Waals surface area contributed by atoms with Crippen LogP contribution in [-0.4, -0.2) is 52.8 Å². The normalized spacial score (nSPS) is 17.2. The minimum absolute atomic E-state index is 0.0127. The summed E-state index contributed by atoms with van der Waals surface area (Å²) in [5.41, 5.74) is 4.17. The van der Waals surface area contributed by atoms with E-state index in [0.29, 0.717) is 25.1 Å². The quantitative estimate of drug-likeness (QED) is 0.786. The van der Waals surface area contributed by atoms with Gasteiger partial charge in [-0.05, 0) is 63.3 Å². The number of rotatable bonds is 7. The van der Waals surface area contributed by atoms with Gasteiger partial charge in [0, 0.05) is 54.8 Å². The Kier molecular flexibility index (Phi) is 6.39. The molecule has 152 valence electrons. The van der Waals surface area contributed by atoms with Crippen LogP contribution in [0.15, 0.2) is 18.2 Å². The zero-order chi connectivity index (χ0) is 20.3.